The third-order valence-corrected chi connectivity index (χ3v) is 3.40. The van der Waals surface area contributed by atoms with E-state index in [9.17, 15) is 4.39 Å². The van der Waals surface area contributed by atoms with Crippen molar-refractivity contribution in [2.75, 3.05) is 7.05 Å². The number of hydrogen-bond donors (Lipinski definition) is 1. The molecule has 2 rings (SSSR count). The maximum absolute atomic E-state index is 13.5. The zero-order valence-electron chi connectivity index (χ0n) is 9.81. The van der Waals surface area contributed by atoms with Gasteiger partial charge in [-0.05, 0) is 42.4 Å². The molecule has 0 aromatic heterocycles. The molecule has 0 radical (unpaired) electrons. The molecule has 0 unspecified atom stereocenters. The lowest BCUT2D eigenvalue weighted by atomic mass is 10.0. The lowest BCUT2D eigenvalue weighted by Gasteiger charge is -2.07. The van der Waals surface area contributed by atoms with Crippen molar-refractivity contribution in [1.82, 2.24) is 5.32 Å². The van der Waals surface area contributed by atoms with Crippen molar-refractivity contribution in [3.8, 4) is 11.1 Å². The minimum absolute atomic E-state index is 0.215. The molecule has 0 aliphatic carbocycles. The molecular formula is C14H12Cl2FN. The van der Waals surface area contributed by atoms with Gasteiger partial charge in [0.05, 0.1) is 10.0 Å². The predicted octanol–water partition coefficient (Wildman–Crippen LogP) is 4.52. The van der Waals surface area contributed by atoms with Crippen LogP contribution in [0.4, 0.5) is 4.39 Å². The number of nitrogens with one attached hydrogen (secondary N) is 1. The van der Waals surface area contributed by atoms with E-state index in [1.54, 1.807) is 25.2 Å². The van der Waals surface area contributed by atoms with Crippen molar-refractivity contribution in [3.05, 3.63) is 57.8 Å². The molecule has 18 heavy (non-hydrogen) atoms. The highest BCUT2D eigenvalue weighted by atomic mass is 35.5. The molecule has 0 saturated carbocycles. The molecule has 1 nitrogen and oxygen atoms in total. The molecule has 0 aliphatic heterocycles. The average molecular weight is 284 g/mol. The predicted molar refractivity (Wildman–Crippen MR) is 74.6 cm³/mol. The summed E-state index contributed by atoms with van der Waals surface area (Å²) in [4.78, 5) is 0. The standard InChI is InChI=1S/C14H12Cl2FN/c1-18-8-11-6-9(3-5-14(11)17)10-2-4-12(15)13(16)7-10/h2-7,18H,8H2,1H3. The summed E-state index contributed by atoms with van der Waals surface area (Å²) < 4.78 is 13.5. The van der Waals surface area contributed by atoms with Crippen LogP contribution < -0.4 is 5.32 Å². The number of benzene rings is 2. The van der Waals surface area contributed by atoms with Gasteiger partial charge in [0.15, 0.2) is 0 Å². The smallest absolute Gasteiger partial charge is 0.127 e. The average Bonchev–Trinajstić information content (AvgIpc) is 2.36. The van der Waals surface area contributed by atoms with Crippen LogP contribution in [-0.4, -0.2) is 7.05 Å². The number of halogens is 3. The second kappa shape index (κ2) is 5.70. The van der Waals surface area contributed by atoms with Crippen molar-refractivity contribution in [2.45, 2.75) is 6.54 Å². The molecule has 2 aromatic carbocycles. The fourth-order valence-electron chi connectivity index (χ4n) is 1.76. The quantitative estimate of drug-likeness (QED) is 0.873. The maximum atomic E-state index is 13.5. The Hall–Kier alpha value is -1.09. The minimum atomic E-state index is -0.215. The lowest BCUT2D eigenvalue weighted by molar-refractivity contribution is 0.601. The first-order valence-electron chi connectivity index (χ1n) is 5.50. The van der Waals surface area contributed by atoms with E-state index in [2.05, 4.69) is 5.32 Å². The van der Waals surface area contributed by atoms with Gasteiger partial charge >= 0.3 is 0 Å². The Labute approximate surface area is 116 Å². The third kappa shape index (κ3) is 2.83. The molecule has 0 heterocycles. The Kier molecular flexibility index (Phi) is 4.23. The van der Waals surface area contributed by atoms with Crippen molar-refractivity contribution in [1.29, 1.82) is 0 Å². The van der Waals surface area contributed by atoms with E-state index < -0.39 is 0 Å². The molecule has 1 N–H and O–H groups in total. The van der Waals surface area contributed by atoms with Gasteiger partial charge in [0.25, 0.3) is 0 Å². The van der Waals surface area contributed by atoms with Gasteiger partial charge in [-0.2, -0.15) is 0 Å². The van der Waals surface area contributed by atoms with E-state index in [0.29, 0.717) is 22.2 Å². The van der Waals surface area contributed by atoms with Crippen LogP contribution in [0, 0.1) is 5.82 Å². The molecule has 2 aromatic rings. The molecule has 4 heteroatoms. The first-order chi connectivity index (χ1) is 8.61. The van der Waals surface area contributed by atoms with Crippen molar-refractivity contribution >= 4 is 23.2 Å². The van der Waals surface area contributed by atoms with Crippen LogP contribution in [0.25, 0.3) is 11.1 Å². The summed E-state index contributed by atoms with van der Waals surface area (Å²) in [6.45, 7) is 0.487. The van der Waals surface area contributed by atoms with E-state index >= 15 is 0 Å². The zero-order chi connectivity index (χ0) is 13.1. The van der Waals surface area contributed by atoms with Gasteiger partial charge in [-0.3, -0.25) is 0 Å². The summed E-state index contributed by atoms with van der Waals surface area (Å²) in [6, 6.07) is 10.4. The fraction of sp³-hybridized carbons (Fsp3) is 0.143. The van der Waals surface area contributed by atoms with Crippen molar-refractivity contribution in [2.24, 2.45) is 0 Å². The molecule has 0 spiro atoms. The molecule has 0 bridgehead atoms. The van der Waals surface area contributed by atoms with Gasteiger partial charge in [-0.25, -0.2) is 4.39 Å². The summed E-state index contributed by atoms with van der Waals surface area (Å²) in [5, 5.41) is 3.94. The fourth-order valence-corrected chi connectivity index (χ4v) is 2.05. The zero-order valence-corrected chi connectivity index (χ0v) is 11.3. The highest BCUT2D eigenvalue weighted by molar-refractivity contribution is 6.42. The van der Waals surface area contributed by atoms with Crippen molar-refractivity contribution < 1.29 is 4.39 Å². The third-order valence-electron chi connectivity index (χ3n) is 2.67. The van der Waals surface area contributed by atoms with Gasteiger partial charge in [0.1, 0.15) is 5.82 Å². The van der Waals surface area contributed by atoms with Crippen molar-refractivity contribution in [3.63, 3.8) is 0 Å². The lowest BCUT2D eigenvalue weighted by Crippen LogP contribution is -2.07. The van der Waals surface area contributed by atoms with Crippen LogP contribution in [0.3, 0.4) is 0 Å². The van der Waals surface area contributed by atoms with Crippen LogP contribution in [0.5, 0.6) is 0 Å². The van der Waals surface area contributed by atoms with Crippen LogP contribution >= 0.6 is 23.2 Å². The van der Waals surface area contributed by atoms with Crippen LogP contribution in [-0.2, 0) is 6.54 Å². The minimum Gasteiger partial charge on any atom is -0.316 e. The van der Waals surface area contributed by atoms with E-state index in [-0.39, 0.29) is 5.82 Å². The highest BCUT2D eigenvalue weighted by Gasteiger charge is 2.06. The van der Waals surface area contributed by atoms with E-state index in [0.717, 1.165) is 11.1 Å². The Morgan fingerprint density at radius 3 is 2.33 bits per heavy atom. The molecule has 0 fully saturated rings. The highest BCUT2D eigenvalue weighted by Crippen LogP contribution is 2.29. The number of hydrogen-bond acceptors (Lipinski definition) is 1. The van der Waals surface area contributed by atoms with Crippen LogP contribution in [0.15, 0.2) is 36.4 Å². The van der Waals surface area contributed by atoms with Crippen LogP contribution in [0.2, 0.25) is 10.0 Å². The molecule has 0 atom stereocenters. The normalized spacial score (nSPS) is 10.7. The second-order valence-electron chi connectivity index (χ2n) is 3.97. The van der Waals surface area contributed by atoms with E-state index in [1.807, 2.05) is 12.1 Å². The Balaban J connectivity index is 2.44. The monoisotopic (exact) mass is 283 g/mol. The van der Waals surface area contributed by atoms with Gasteiger partial charge < -0.3 is 5.32 Å². The Morgan fingerprint density at radius 2 is 1.67 bits per heavy atom. The molecular weight excluding hydrogens is 272 g/mol. The largest absolute Gasteiger partial charge is 0.316 e. The second-order valence-corrected chi connectivity index (χ2v) is 4.78. The summed E-state index contributed by atoms with van der Waals surface area (Å²) >= 11 is 11.8. The molecule has 0 saturated heterocycles. The summed E-state index contributed by atoms with van der Waals surface area (Å²) in [7, 11) is 1.78. The van der Waals surface area contributed by atoms with E-state index in [1.165, 1.54) is 6.07 Å². The first-order valence-corrected chi connectivity index (χ1v) is 6.26. The van der Waals surface area contributed by atoms with Gasteiger partial charge in [-0.1, -0.05) is 35.3 Å². The Bertz CT molecular complexity index is 570. The van der Waals surface area contributed by atoms with Crippen LogP contribution in [0.1, 0.15) is 5.56 Å². The molecule has 94 valence electrons. The number of rotatable bonds is 3. The SMILES string of the molecule is CNCc1cc(-c2ccc(Cl)c(Cl)c2)ccc1F. The topological polar surface area (TPSA) is 12.0 Å². The summed E-state index contributed by atoms with van der Waals surface area (Å²) in [6.07, 6.45) is 0. The Morgan fingerprint density at radius 1 is 1.00 bits per heavy atom. The van der Waals surface area contributed by atoms with Gasteiger partial charge in [-0.15, -0.1) is 0 Å². The van der Waals surface area contributed by atoms with Gasteiger partial charge in [0.2, 0.25) is 0 Å². The molecule has 0 amide bonds. The van der Waals surface area contributed by atoms with Gasteiger partial charge in [0, 0.05) is 12.1 Å². The maximum Gasteiger partial charge on any atom is 0.127 e. The summed E-state index contributed by atoms with van der Waals surface area (Å²) in [5.41, 5.74) is 2.46. The van der Waals surface area contributed by atoms with E-state index in [4.69, 9.17) is 23.2 Å². The summed E-state index contributed by atoms with van der Waals surface area (Å²) in [5.74, 6) is -0.215. The molecule has 0 aliphatic rings. The first kappa shape index (κ1) is 13.3.